The molecule has 0 aromatic carbocycles. The van der Waals surface area contributed by atoms with Crippen molar-refractivity contribution in [2.45, 2.75) is 26.2 Å². The molecule has 0 amide bonds. The van der Waals surface area contributed by atoms with Crippen molar-refractivity contribution in [2.24, 2.45) is 0 Å². The summed E-state index contributed by atoms with van der Waals surface area (Å²) in [6.07, 6.45) is 3.58. The molecule has 1 saturated heterocycles. The molecular formula is C13H28N2O2. The predicted molar refractivity (Wildman–Crippen MR) is 70.3 cm³/mol. The molecule has 0 spiro atoms. The number of aliphatic hydroxyl groups is 1. The van der Waals surface area contributed by atoms with Gasteiger partial charge < -0.3 is 9.84 Å². The van der Waals surface area contributed by atoms with Gasteiger partial charge >= 0.3 is 0 Å². The van der Waals surface area contributed by atoms with Crippen LogP contribution in [0.1, 0.15) is 26.2 Å². The van der Waals surface area contributed by atoms with Gasteiger partial charge in [-0.25, -0.2) is 0 Å². The number of rotatable bonds is 8. The molecule has 1 fully saturated rings. The van der Waals surface area contributed by atoms with Gasteiger partial charge in [0.25, 0.3) is 0 Å². The molecule has 1 aliphatic heterocycles. The van der Waals surface area contributed by atoms with E-state index in [1.165, 1.54) is 25.8 Å². The molecule has 4 heteroatoms. The monoisotopic (exact) mass is 244 g/mol. The quantitative estimate of drug-likeness (QED) is 0.641. The molecule has 17 heavy (non-hydrogen) atoms. The van der Waals surface area contributed by atoms with E-state index in [1.54, 1.807) is 0 Å². The fourth-order valence-corrected chi connectivity index (χ4v) is 2.16. The number of ether oxygens (including phenoxy) is 1. The van der Waals surface area contributed by atoms with Crippen molar-refractivity contribution in [3.63, 3.8) is 0 Å². The molecular weight excluding hydrogens is 216 g/mol. The third-order valence-electron chi connectivity index (χ3n) is 3.29. The average molecular weight is 244 g/mol. The minimum Gasteiger partial charge on any atom is -0.395 e. The van der Waals surface area contributed by atoms with Crippen LogP contribution in [0.5, 0.6) is 0 Å². The molecule has 0 atom stereocenters. The molecule has 0 saturated carbocycles. The van der Waals surface area contributed by atoms with E-state index in [9.17, 15) is 0 Å². The normalized spacial score (nSPS) is 19.4. The smallest absolute Gasteiger partial charge is 0.0593 e. The Morgan fingerprint density at radius 3 is 2.35 bits per heavy atom. The molecule has 4 nitrogen and oxygen atoms in total. The van der Waals surface area contributed by atoms with E-state index in [0.29, 0.717) is 0 Å². The third-order valence-corrected chi connectivity index (χ3v) is 3.29. The maximum Gasteiger partial charge on any atom is 0.0593 e. The second-order valence-electron chi connectivity index (χ2n) is 4.73. The first-order valence-electron chi connectivity index (χ1n) is 7.00. The lowest BCUT2D eigenvalue weighted by Crippen LogP contribution is -2.34. The van der Waals surface area contributed by atoms with Gasteiger partial charge in [-0.2, -0.15) is 0 Å². The lowest BCUT2D eigenvalue weighted by molar-refractivity contribution is 0.102. The lowest BCUT2D eigenvalue weighted by Gasteiger charge is -2.21. The first-order chi connectivity index (χ1) is 8.36. The van der Waals surface area contributed by atoms with Crippen molar-refractivity contribution >= 4 is 0 Å². The van der Waals surface area contributed by atoms with E-state index < -0.39 is 0 Å². The molecule has 1 N–H and O–H groups in total. The van der Waals surface area contributed by atoms with Crippen LogP contribution in [0.15, 0.2) is 0 Å². The van der Waals surface area contributed by atoms with E-state index >= 15 is 0 Å². The van der Waals surface area contributed by atoms with Gasteiger partial charge in [-0.15, -0.1) is 0 Å². The average Bonchev–Trinajstić information content (AvgIpc) is 2.55. The van der Waals surface area contributed by atoms with Crippen LogP contribution in [0.2, 0.25) is 0 Å². The molecule has 0 radical (unpaired) electrons. The highest BCUT2D eigenvalue weighted by molar-refractivity contribution is 4.69. The summed E-state index contributed by atoms with van der Waals surface area (Å²) in [5.41, 5.74) is 0. The van der Waals surface area contributed by atoms with Gasteiger partial charge in [0.1, 0.15) is 0 Å². The Labute approximate surface area is 106 Å². The van der Waals surface area contributed by atoms with Gasteiger partial charge in [0.2, 0.25) is 0 Å². The SMILES string of the molecule is CCCCOCCN1CCCN(CCO)CC1. The third kappa shape index (κ3) is 6.99. The summed E-state index contributed by atoms with van der Waals surface area (Å²) in [7, 11) is 0. The van der Waals surface area contributed by atoms with E-state index in [4.69, 9.17) is 9.84 Å². The summed E-state index contributed by atoms with van der Waals surface area (Å²) in [6.45, 7) is 10.6. The molecule has 1 heterocycles. The first kappa shape index (κ1) is 14.9. The number of hydrogen-bond donors (Lipinski definition) is 1. The highest BCUT2D eigenvalue weighted by Crippen LogP contribution is 2.02. The van der Waals surface area contributed by atoms with Crippen molar-refractivity contribution in [2.75, 3.05) is 59.1 Å². The van der Waals surface area contributed by atoms with E-state index in [2.05, 4.69) is 16.7 Å². The lowest BCUT2D eigenvalue weighted by atomic mass is 10.3. The van der Waals surface area contributed by atoms with Crippen LogP contribution >= 0.6 is 0 Å². The Bertz CT molecular complexity index is 179. The number of aliphatic hydroxyl groups excluding tert-OH is 1. The van der Waals surface area contributed by atoms with Gasteiger partial charge in [0.05, 0.1) is 13.2 Å². The Hall–Kier alpha value is -0.160. The van der Waals surface area contributed by atoms with Crippen molar-refractivity contribution in [3.8, 4) is 0 Å². The summed E-state index contributed by atoms with van der Waals surface area (Å²) >= 11 is 0. The van der Waals surface area contributed by atoms with Crippen LogP contribution < -0.4 is 0 Å². The van der Waals surface area contributed by atoms with Crippen molar-refractivity contribution in [1.29, 1.82) is 0 Å². The fraction of sp³-hybridized carbons (Fsp3) is 1.00. The number of hydrogen-bond acceptors (Lipinski definition) is 4. The zero-order valence-electron chi connectivity index (χ0n) is 11.2. The molecule has 1 aliphatic rings. The van der Waals surface area contributed by atoms with Gasteiger partial charge in [0, 0.05) is 32.8 Å². The standard InChI is InChI=1S/C13H28N2O2/c1-2-3-12-17-13-10-15-6-4-5-14(7-8-15)9-11-16/h16H,2-13H2,1H3. The van der Waals surface area contributed by atoms with Crippen molar-refractivity contribution in [1.82, 2.24) is 9.80 Å². The van der Waals surface area contributed by atoms with Crippen LogP contribution in [0, 0.1) is 0 Å². The first-order valence-corrected chi connectivity index (χ1v) is 7.00. The largest absolute Gasteiger partial charge is 0.395 e. The van der Waals surface area contributed by atoms with Gasteiger partial charge in [-0.05, 0) is 25.9 Å². The Kier molecular flexibility index (Phi) is 8.61. The van der Waals surface area contributed by atoms with Crippen LogP contribution in [0.3, 0.4) is 0 Å². The maximum atomic E-state index is 8.92. The Balaban J connectivity index is 2.05. The summed E-state index contributed by atoms with van der Waals surface area (Å²) in [5.74, 6) is 0. The molecule has 0 aliphatic carbocycles. The van der Waals surface area contributed by atoms with Crippen LogP contribution in [-0.4, -0.2) is 74.0 Å². The highest BCUT2D eigenvalue weighted by Gasteiger charge is 2.13. The molecule has 0 aromatic rings. The minimum absolute atomic E-state index is 0.278. The molecule has 0 unspecified atom stereocenters. The fourth-order valence-electron chi connectivity index (χ4n) is 2.16. The summed E-state index contributed by atoms with van der Waals surface area (Å²) in [4.78, 5) is 4.82. The van der Waals surface area contributed by atoms with Crippen LogP contribution in [-0.2, 0) is 4.74 Å². The van der Waals surface area contributed by atoms with Crippen molar-refractivity contribution < 1.29 is 9.84 Å². The molecule has 1 rings (SSSR count). The van der Waals surface area contributed by atoms with E-state index in [1.807, 2.05) is 0 Å². The predicted octanol–water partition coefficient (Wildman–Crippen LogP) is 0.803. The van der Waals surface area contributed by atoms with E-state index in [0.717, 1.165) is 45.9 Å². The summed E-state index contributed by atoms with van der Waals surface area (Å²) in [6, 6.07) is 0. The molecule has 0 aromatic heterocycles. The summed E-state index contributed by atoms with van der Waals surface area (Å²) < 4.78 is 5.60. The number of β-amino-alcohol motifs (C(OH)–C–C–N with tert-alkyl or cyclic N) is 1. The zero-order valence-corrected chi connectivity index (χ0v) is 11.2. The van der Waals surface area contributed by atoms with Crippen LogP contribution in [0.4, 0.5) is 0 Å². The molecule has 0 bridgehead atoms. The number of nitrogens with zero attached hydrogens (tertiary/aromatic N) is 2. The van der Waals surface area contributed by atoms with Gasteiger partial charge in [-0.3, -0.25) is 9.80 Å². The number of unbranched alkanes of at least 4 members (excludes halogenated alkanes) is 1. The van der Waals surface area contributed by atoms with Gasteiger partial charge in [-0.1, -0.05) is 13.3 Å². The maximum absolute atomic E-state index is 8.92. The topological polar surface area (TPSA) is 35.9 Å². The zero-order chi connectivity index (χ0) is 12.3. The highest BCUT2D eigenvalue weighted by atomic mass is 16.5. The Morgan fingerprint density at radius 1 is 1.00 bits per heavy atom. The van der Waals surface area contributed by atoms with Gasteiger partial charge in [0.15, 0.2) is 0 Å². The van der Waals surface area contributed by atoms with Crippen molar-refractivity contribution in [3.05, 3.63) is 0 Å². The second-order valence-corrected chi connectivity index (χ2v) is 4.73. The minimum atomic E-state index is 0.278. The molecule has 102 valence electrons. The Morgan fingerprint density at radius 2 is 1.71 bits per heavy atom. The summed E-state index contributed by atoms with van der Waals surface area (Å²) in [5, 5.41) is 8.92. The van der Waals surface area contributed by atoms with Crippen LogP contribution in [0.25, 0.3) is 0 Å². The van der Waals surface area contributed by atoms with E-state index in [-0.39, 0.29) is 6.61 Å². The second kappa shape index (κ2) is 9.83.